The molecule has 0 bridgehead atoms. The average molecular weight is 223 g/mol. The van der Waals surface area contributed by atoms with Crippen molar-refractivity contribution in [3.8, 4) is 0 Å². The summed E-state index contributed by atoms with van der Waals surface area (Å²) in [5, 5.41) is 8.78. The van der Waals surface area contributed by atoms with Crippen LogP contribution in [0.3, 0.4) is 0 Å². The number of carbonyl (C=O) groups excluding carboxylic acids is 1. The van der Waals surface area contributed by atoms with Crippen molar-refractivity contribution in [2.75, 3.05) is 25.4 Å². The number of hydrogen-bond acceptors (Lipinski definition) is 4. The molecular weight excluding hydrogens is 210 g/mol. The summed E-state index contributed by atoms with van der Waals surface area (Å²) in [7, 11) is -4.02. The highest BCUT2D eigenvalue weighted by atomic mass is 32.2. The number of amides is 1. The predicted octanol–water partition coefficient (Wildman–Crippen LogP) is -1.28. The highest BCUT2D eigenvalue weighted by Gasteiger charge is 2.29. The van der Waals surface area contributed by atoms with Crippen LogP contribution in [-0.2, 0) is 14.9 Å². The quantitative estimate of drug-likeness (QED) is 0.578. The fourth-order valence-corrected chi connectivity index (χ4v) is 1.87. The Morgan fingerprint density at radius 3 is 2.57 bits per heavy atom. The number of carbonyl (C=O) groups is 1. The maximum Gasteiger partial charge on any atom is 0.266 e. The van der Waals surface area contributed by atoms with E-state index in [1.54, 1.807) is 0 Å². The summed E-state index contributed by atoms with van der Waals surface area (Å²) in [5.74, 6) is -0.728. The van der Waals surface area contributed by atoms with Gasteiger partial charge in [0.05, 0.1) is 5.75 Å². The van der Waals surface area contributed by atoms with Crippen LogP contribution in [0.15, 0.2) is 0 Å². The summed E-state index contributed by atoms with van der Waals surface area (Å²) in [6.45, 7) is 0.285. The summed E-state index contributed by atoms with van der Waals surface area (Å²) in [6.07, 6.45) is 0.252. The van der Waals surface area contributed by atoms with E-state index in [0.717, 1.165) is 0 Å². The van der Waals surface area contributed by atoms with Crippen molar-refractivity contribution in [3.05, 3.63) is 0 Å². The molecule has 2 N–H and O–H groups in total. The molecule has 1 unspecified atom stereocenters. The van der Waals surface area contributed by atoms with Crippen molar-refractivity contribution in [3.63, 3.8) is 0 Å². The summed E-state index contributed by atoms with van der Waals surface area (Å²) >= 11 is 0. The van der Waals surface area contributed by atoms with Crippen molar-refractivity contribution in [1.82, 2.24) is 4.90 Å². The molecule has 0 radical (unpaired) electrons. The smallest absolute Gasteiger partial charge is 0.266 e. The molecule has 1 amide bonds. The second-order valence-electron chi connectivity index (χ2n) is 3.38. The maximum absolute atomic E-state index is 11.2. The number of rotatable bonds is 4. The van der Waals surface area contributed by atoms with Crippen LogP contribution in [0.4, 0.5) is 0 Å². The Bertz CT molecular complexity index is 312. The van der Waals surface area contributed by atoms with Crippen LogP contribution in [-0.4, -0.2) is 54.3 Å². The number of nitrogens with zero attached hydrogens (tertiary/aromatic N) is 1. The van der Waals surface area contributed by atoms with Gasteiger partial charge in [0, 0.05) is 32.0 Å². The lowest BCUT2D eigenvalue weighted by molar-refractivity contribution is -0.127. The van der Waals surface area contributed by atoms with Crippen molar-refractivity contribution >= 4 is 16.0 Å². The van der Waals surface area contributed by atoms with Crippen LogP contribution >= 0.6 is 0 Å². The zero-order valence-electron chi connectivity index (χ0n) is 7.59. The number of aliphatic hydroxyl groups excluding tert-OH is 1. The first kappa shape index (κ1) is 11.4. The van der Waals surface area contributed by atoms with Gasteiger partial charge in [-0.2, -0.15) is 8.42 Å². The first-order chi connectivity index (χ1) is 6.42. The van der Waals surface area contributed by atoms with E-state index in [-0.39, 0.29) is 31.4 Å². The summed E-state index contributed by atoms with van der Waals surface area (Å²) < 4.78 is 29.3. The Morgan fingerprint density at radius 2 is 2.14 bits per heavy atom. The molecule has 0 aromatic rings. The highest BCUT2D eigenvalue weighted by Crippen LogP contribution is 2.16. The van der Waals surface area contributed by atoms with Gasteiger partial charge in [-0.3, -0.25) is 9.35 Å². The van der Waals surface area contributed by atoms with E-state index in [0.29, 0.717) is 6.54 Å². The van der Waals surface area contributed by atoms with Crippen molar-refractivity contribution in [2.45, 2.75) is 6.42 Å². The molecule has 0 saturated carbocycles. The van der Waals surface area contributed by atoms with Gasteiger partial charge in [0.2, 0.25) is 5.91 Å². The standard InChI is InChI=1S/C7H13NO5S/c9-5-6-3-7(10)8(4-6)1-2-14(11,12)13/h6,9H,1-5H2,(H,11,12,13). The van der Waals surface area contributed by atoms with Gasteiger partial charge in [-0.25, -0.2) is 0 Å². The maximum atomic E-state index is 11.2. The van der Waals surface area contributed by atoms with E-state index in [1.165, 1.54) is 4.90 Å². The molecule has 1 fully saturated rings. The minimum Gasteiger partial charge on any atom is -0.396 e. The molecule has 1 aliphatic heterocycles. The lowest BCUT2D eigenvalue weighted by atomic mass is 10.1. The minimum absolute atomic E-state index is 0.00579. The van der Waals surface area contributed by atoms with Crippen LogP contribution < -0.4 is 0 Å². The SMILES string of the molecule is O=C1CC(CO)CN1CCS(=O)(=O)O. The molecule has 14 heavy (non-hydrogen) atoms. The second-order valence-corrected chi connectivity index (χ2v) is 4.95. The monoisotopic (exact) mass is 223 g/mol. The molecule has 1 atom stereocenters. The highest BCUT2D eigenvalue weighted by molar-refractivity contribution is 7.85. The fourth-order valence-electron chi connectivity index (χ4n) is 1.42. The summed E-state index contributed by atoms with van der Waals surface area (Å²) in [6, 6.07) is 0. The van der Waals surface area contributed by atoms with Crippen LogP contribution in [0.5, 0.6) is 0 Å². The van der Waals surface area contributed by atoms with Gasteiger partial charge in [-0.15, -0.1) is 0 Å². The second kappa shape index (κ2) is 4.24. The summed E-state index contributed by atoms with van der Waals surface area (Å²) in [5.41, 5.74) is 0. The van der Waals surface area contributed by atoms with Gasteiger partial charge < -0.3 is 10.0 Å². The molecule has 1 saturated heterocycles. The molecule has 1 aliphatic rings. The van der Waals surface area contributed by atoms with E-state index in [9.17, 15) is 13.2 Å². The van der Waals surface area contributed by atoms with Gasteiger partial charge in [0.1, 0.15) is 0 Å². The van der Waals surface area contributed by atoms with Crippen molar-refractivity contribution in [1.29, 1.82) is 0 Å². The van der Waals surface area contributed by atoms with Gasteiger partial charge in [0.25, 0.3) is 10.1 Å². The molecule has 82 valence electrons. The largest absolute Gasteiger partial charge is 0.396 e. The molecule has 6 nitrogen and oxygen atoms in total. The molecule has 1 rings (SSSR count). The Balaban J connectivity index is 2.43. The fraction of sp³-hybridized carbons (Fsp3) is 0.857. The van der Waals surface area contributed by atoms with Crippen LogP contribution in [0.25, 0.3) is 0 Å². The number of hydrogen-bond donors (Lipinski definition) is 2. The zero-order chi connectivity index (χ0) is 10.8. The van der Waals surface area contributed by atoms with Gasteiger partial charge in [0.15, 0.2) is 0 Å². The normalized spacial score (nSPS) is 23.1. The molecule has 0 aliphatic carbocycles. The predicted molar refractivity (Wildman–Crippen MR) is 48.2 cm³/mol. The van der Waals surface area contributed by atoms with Gasteiger partial charge in [-0.05, 0) is 0 Å². The van der Waals surface area contributed by atoms with E-state index < -0.39 is 15.9 Å². The van der Waals surface area contributed by atoms with E-state index in [4.69, 9.17) is 9.66 Å². The van der Waals surface area contributed by atoms with Gasteiger partial charge >= 0.3 is 0 Å². The molecule has 1 heterocycles. The van der Waals surface area contributed by atoms with E-state index in [2.05, 4.69) is 0 Å². The zero-order valence-corrected chi connectivity index (χ0v) is 8.40. The Kier molecular flexibility index (Phi) is 3.46. The van der Waals surface area contributed by atoms with Gasteiger partial charge in [-0.1, -0.05) is 0 Å². The van der Waals surface area contributed by atoms with E-state index in [1.807, 2.05) is 0 Å². The molecule has 0 aromatic heterocycles. The molecular formula is C7H13NO5S. The van der Waals surface area contributed by atoms with Crippen LogP contribution in [0.1, 0.15) is 6.42 Å². The average Bonchev–Trinajstić information content (AvgIpc) is 2.42. The third kappa shape index (κ3) is 3.24. The van der Waals surface area contributed by atoms with Crippen molar-refractivity contribution in [2.24, 2.45) is 5.92 Å². The Morgan fingerprint density at radius 1 is 1.50 bits per heavy atom. The molecule has 0 aromatic carbocycles. The first-order valence-electron chi connectivity index (χ1n) is 4.26. The third-order valence-electron chi connectivity index (χ3n) is 2.17. The number of aliphatic hydroxyl groups is 1. The van der Waals surface area contributed by atoms with Crippen molar-refractivity contribution < 1.29 is 22.9 Å². The first-order valence-corrected chi connectivity index (χ1v) is 5.87. The van der Waals surface area contributed by atoms with Crippen LogP contribution in [0, 0.1) is 5.92 Å². The topological polar surface area (TPSA) is 94.9 Å². The lowest BCUT2D eigenvalue weighted by Crippen LogP contribution is -2.30. The Labute approximate surface area is 82.3 Å². The number of likely N-dealkylation sites (tertiary alicyclic amines) is 1. The summed E-state index contributed by atoms with van der Waals surface area (Å²) in [4.78, 5) is 12.5. The molecule has 7 heteroatoms. The third-order valence-corrected chi connectivity index (χ3v) is 2.87. The lowest BCUT2D eigenvalue weighted by Gasteiger charge is -2.14. The van der Waals surface area contributed by atoms with Crippen LogP contribution in [0.2, 0.25) is 0 Å². The minimum atomic E-state index is -4.02. The molecule has 0 spiro atoms. The van der Waals surface area contributed by atoms with E-state index >= 15 is 0 Å². The Hall–Kier alpha value is -0.660.